The van der Waals surface area contributed by atoms with Gasteiger partial charge in [-0.05, 0) is 36.1 Å². The summed E-state index contributed by atoms with van der Waals surface area (Å²) >= 11 is 0. The number of ketones is 1. The second-order valence-electron chi connectivity index (χ2n) is 8.33. The highest BCUT2D eigenvalue weighted by Crippen LogP contribution is 2.39. The van der Waals surface area contributed by atoms with Crippen LogP contribution in [0.2, 0.25) is 0 Å². The molecule has 0 aliphatic rings. The van der Waals surface area contributed by atoms with E-state index in [1.165, 1.54) is 0 Å². The van der Waals surface area contributed by atoms with Crippen molar-refractivity contribution in [2.24, 2.45) is 0 Å². The minimum absolute atomic E-state index is 0.191. The molecule has 1 heterocycles. The molecule has 0 amide bonds. The number of aryl methyl sites for hydroxylation is 1. The van der Waals surface area contributed by atoms with Gasteiger partial charge in [-0.3, -0.25) is 0 Å². The minimum atomic E-state index is 0.191. The molecule has 0 aliphatic heterocycles. The Morgan fingerprint density at radius 1 is 0.676 bits per heavy atom. The summed E-state index contributed by atoms with van der Waals surface area (Å²) in [7, 11) is 0. The van der Waals surface area contributed by atoms with Crippen LogP contribution in [0.5, 0.6) is 0 Å². The maximum absolute atomic E-state index is 11.6. The van der Waals surface area contributed by atoms with Gasteiger partial charge in [-0.2, -0.15) is 0 Å². The molecule has 5 rings (SSSR count). The first-order valence-electron chi connectivity index (χ1n) is 11.5. The van der Waals surface area contributed by atoms with Crippen LogP contribution in [0.1, 0.15) is 18.9 Å². The number of benzene rings is 4. The maximum Gasteiger partial charge on any atom is 0.227 e. The van der Waals surface area contributed by atoms with Crippen molar-refractivity contribution < 1.29 is 9.21 Å². The number of carbonyl (C=O) groups is 1. The number of aromatic nitrogens is 1. The summed E-state index contributed by atoms with van der Waals surface area (Å²) in [5.41, 5.74) is 7.03. The Kier molecular flexibility index (Phi) is 6.17. The Morgan fingerprint density at radius 2 is 1.24 bits per heavy atom. The number of carbonyl (C=O) groups excluding carboxylic acids is 1. The van der Waals surface area contributed by atoms with Crippen molar-refractivity contribution in [1.29, 1.82) is 0 Å². The second kappa shape index (κ2) is 9.72. The van der Waals surface area contributed by atoms with Crippen LogP contribution in [0.15, 0.2) is 114 Å². The topological polar surface area (TPSA) is 43.1 Å². The number of rotatable bonds is 7. The monoisotopic (exact) mass is 443 g/mol. The molecule has 0 saturated heterocycles. The van der Waals surface area contributed by atoms with Crippen molar-refractivity contribution in [3.05, 3.63) is 115 Å². The number of hydrogen-bond acceptors (Lipinski definition) is 3. The molecule has 0 unspecified atom stereocenters. The molecule has 166 valence electrons. The Hall–Kier alpha value is -4.24. The van der Waals surface area contributed by atoms with E-state index in [1.807, 2.05) is 78.9 Å². The van der Waals surface area contributed by atoms with Gasteiger partial charge in [0.05, 0.1) is 0 Å². The average Bonchev–Trinajstić information content (AvgIpc) is 3.34. The van der Waals surface area contributed by atoms with Gasteiger partial charge in [-0.1, -0.05) is 103 Å². The molecular formula is C31H25NO2. The zero-order chi connectivity index (χ0) is 23.3. The average molecular weight is 444 g/mol. The summed E-state index contributed by atoms with van der Waals surface area (Å²) in [4.78, 5) is 16.6. The van der Waals surface area contributed by atoms with E-state index in [-0.39, 0.29) is 5.78 Å². The van der Waals surface area contributed by atoms with E-state index in [2.05, 4.69) is 30.3 Å². The molecule has 0 N–H and O–H groups in total. The van der Waals surface area contributed by atoms with Crippen LogP contribution in [0.3, 0.4) is 0 Å². The molecule has 0 bridgehead atoms. The zero-order valence-corrected chi connectivity index (χ0v) is 19.1. The van der Waals surface area contributed by atoms with Gasteiger partial charge in [-0.25, -0.2) is 4.98 Å². The quantitative estimate of drug-likeness (QED) is 0.257. The molecule has 34 heavy (non-hydrogen) atoms. The van der Waals surface area contributed by atoms with Gasteiger partial charge in [-0.15, -0.1) is 0 Å². The minimum Gasteiger partial charge on any atom is -0.435 e. The van der Waals surface area contributed by atoms with Crippen molar-refractivity contribution in [2.75, 3.05) is 0 Å². The Balaban J connectivity index is 1.66. The Labute approximate surface area is 199 Å². The van der Waals surface area contributed by atoms with Gasteiger partial charge >= 0.3 is 0 Å². The first kappa shape index (κ1) is 21.6. The molecule has 1 aromatic heterocycles. The molecule has 0 spiro atoms. The predicted octanol–water partition coefficient (Wildman–Crippen LogP) is 7.86. The van der Waals surface area contributed by atoms with Crippen LogP contribution < -0.4 is 0 Å². The molecule has 0 radical (unpaired) electrons. The first-order chi connectivity index (χ1) is 16.7. The second-order valence-corrected chi connectivity index (χ2v) is 8.33. The van der Waals surface area contributed by atoms with Gasteiger partial charge < -0.3 is 9.21 Å². The molecule has 0 fully saturated rings. The summed E-state index contributed by atoms with van der Waals surface area (Å²) in [6.45, 7) is 1.64. The lowest BCUT2D eigenvalue weighted by molar-refractivity contribution is -0.116. The summed E-state index contributed by atoms with van der Waals surface area (Å²) in [5, 5.41) is 0. The summed E-state index contributed by atoms with van der Waals surface area (Å²) in [6, 6.07) is 36.6. The Bertz CT molecular complexity index is 1360. The SMILES string of the molecule is CC(=O)CCc1ccccc1-c1ccccc1-c1nc(-c2ccccc2)c(-c2ccccc2)o1. The lowest BCUT2D eigenvalue weighted by Crippen LogP contribution is -1.97. The van der Waals surface area contributed by atoms with Crippen LogP contribution in [-0.4, -0.2) is 10.8 Å². The fourth-order valence-electron chi connectivity index (χ4n) is 4.23. The number of hydrogen-bond donors (Lipinski definition) is 0. The third kappa shape index (κ3) is 4.46. The molecule has 0 saturated carbocycles. The van der Waals surface area contributed by atoms with E-state index in [0.29, 0.717) is 18.7 Å². The van der Waals surface area contributed by atoms with Crippen molar-refractivity contribution in [1.82, 2.24) is 4.98 Å². The van der Waals surface area contributed by atoms with E-state index < -0.39 is 0 Å². The van der Waals surface area contributed by atoms with Crippen LogP contribution >= 0.6 is 0 Å². The van der Waals surface area contributed by atoms with Gasteiger partial charge in [0.2, 0.25) is 5.89 Å². The van der Waals surface area contributed by atoms with E-state index in [0.717, 1.165) is 44.8 Å². The molecular weight excluding hydrogens is 418 g/mol. The third-order valence-corrected chi connectivity index (χ3v) is 5.92. The van der Waals surface area contributed by atoms with Crippen LogP contribution in [0.4, 0.5) is 0 Å². The Morgan fingerprint density at radius 3 is 1.91 bits per heavy atom. The van der Waals surface area contributed by atoms with Gasteiger partial charge in [0.25, 0.3) is 0 Å². The molecule has 3 heteroatoms. The smallest absolute Gasteiger partial charge is 0.227 e. The van der Waals surface area contributed by atoms with E-state index in [9.17, 15) is 4.79 Å². The molecule has 0 aliphatic carbocycles. The highest BCUT2D eigenvalue weighted by Gasteiger charge is 2.20. The van der Waals surface area contributed by atoms with Crippen LogP contribution in [-0.2, 0) is 11.2 Å². The fourth-order valence-corrected chi connectivity index (χ4v) is 4.23. The van der Waals surface area contributed by atoms with Crippen molar-refractivity contribution in [2.45, 2.75) is 19.8 Å². The van der Waals surface area contributed by atoms with Gasteiger partial charge in [0, 0.05) is 23.1 Å². The predicted molar refractivity (Wildman–Crippen MR) is 137 cm³/mol. The molecule has 5 aromatic rings. The standard InChI is InChI=1S/C31H25NO2/c1-22(33)20-21-23-12-8-9-17-26(23)27-18-10-11-19-28(27)31-32-29(24-13-4-2-5-14-24)30(34-31)25-15-6-3-7-16-25/h2-19H,20-21H2,1H3. The highest BCUT2D eigenvalue weighted by atomic mass is 16.4. The lowest BCUT2D eigenvalue weighted by atomic mass is 9.93. The zero-order valence-electron chi connectivity index (χ0n) is 19.1. The molecule has 4 aromatic carbocycles. The van der Waals surface area contributed by atoms with Crippen molar-refractivity contribution >= 4 is 5.78 Å². The van der Waals surface area contributed by atoms with Crippen LogP contribution in [0, 0.1) is 0 Å². The van der Waals surface area contributed by atoms with Gasteiger partial charge in [0.1, 0.15) is 11.5 Å². The van der Waals surface area contributed by atoms with Gasteiger partial charge in [0.15, 0.2) is 5.76 Å². The summed E-state index contributed by atoms with van der Waals surface area (Å²) in [5.74, 6) is 1.52. The van der Waals surface area contributed by atoms with Crippen LogP contribution in [0.25, 0.3) is 45.2 Å². The number of Topliss-reactive ketones (excluding diaryl/α,β-unsaturated/α-hetero) is 1. The van der Waals surface area contributed by atoms with E-state index in [4.69, 9.17) is 9.40 Å². The number of oxazole rings is 1. The molecule has 3 nitrogen and oxygen atoms in total. The van der Waals surface area contributed by atoms with E-state index >= 15 is 0 Å². The fraction of sp³-hybridized carbons (Fsp3) is 0.0968. The lowest BCUT2D eigenvalue weighted by Gasteiger charge is -2.12. The highest BCUT2D eigenvalue weighted by molar-refractivity contribution is 5.85. The molecule has 0 atom stereocenters. The van der Waals surface area contributed by atoms with E-state index in [1.54, 1.807) is 6.92 Å². The normalized spacial score (nSPS) is 10.9. The van der Waals surface area contributed by atoms with Crippen molar-refractivity contribution in [3.63, 3.8) is 0 Å². The first-order valence-corrected chi connectivity index (χ1v) is 11.5. The van der Waals surface area contributed by atoms with Crippen molar-refractivity contribution in [3.8, 4) is 45.2 Å². The largest absolute Gasteiger partial charge is 0.435 e. The maximum atomic E-state index is 11.6. The summed E-state index contributed by atoms with van der Waals surface area (Å²) < 4.78 is 6.48. The number of nitrogens with zero attached hydrogens (tertiary/aromatic N) is 1. The third-order valence-electron chi connectivity index (χ3n) is 5.92. The summed E-state index contributed by atoms with van der Waals surface area (Å²) in [6.07, 6.45) is 1.23.